The van der Waals surface area contributed by atoms with Crippen molar-refractivity contribution in [2.45, 2.75) is 13.3 Å². The summed E-state index contributed by atoms with van der Waals surface area (Å²) in [5, 5.41) is 3.97. The van der Waals surface area contributed by atoms with Gasteiger partial charge in [-0.15, -0.1) is 0 Å². The Labute approximate surface area is 90.2 Å². The molecule has 2 nitrogen and oxygen atoms in total. The van der Waals surface area contributed by atoms with Gasteiger partial charge < -0.3 is 10.1 Å². The molecular weight excluding hydrogens is 198 g/mol. The first kappa shape index (κ1) is 11.3. The van der Waals surface area contributed by atoms with E-state index in [4.69, 9.17) is 16.3 Å². The Morgan fingerprint density at radius 3 is 2.79 bits per heavy atom. The van der Waals surface area contributed by atoms with Gasteiger partial charge in [-0.2, -0.15) is 0 Å². The molecule has 0 atom stereocenters. The van der Waals surface area contributed by atoms with Crippen molar-refractivity contribution in [2.24, 2.45) is 0 Å². The average molecular weight is 214 g/mol. The number of halogens is 1. The first-order valence-corrected chi connectivity index (χ1v) is 5.28. The molecule has 0 aliphatic carbocycles. The van der Waals surface area contributed by atoms with Crippen LogP contribution in [0.2, 0.25) is 5.02 Å². The Morgan fingerprint density at radius 1 is 1.29 bits per heavy atom. The Kier molecular flexibility index (Phi) is 5.42. The summed E-state index contributed by atoms with van der Waals surface area (Å²) in [6, 6.07) is 7.71. The van der Waals surface area contributed by atoms with E-state index in [2.05, 4.69) is 12.2 Å². The molecule has 3 heteroatoms. The fourth-order valence-corrected chi connectivity index (χ4v) is 1.31. The van der Waals surface area contributed by atoms with Crippen molar-refractivity contribution in [2.75, 3.05) is 25.1 Å². The molecule has 1 aromatic rings. The second-order valence-corrected chi connectivity index (χ2v) is 3.43. The minimum absolute atomic E-state index is 0.721. The molecule has 0 amide bonds. The summed E-state index contributed by atoms with van der Waals surface area (Å²) in [6.45, 7) is 4.44. The summed E-state index contributed by atoms with van der Waals surface area (Å²) >= 11 is 5.96. The molecule has 0 heterocycles. The van der Waals surface area contributed by atoms with Crippen LogP contribution in [0.1, 0.15) is 13.3 Å². The van der Waals surface area contributed by atoms with Gasteiger partial charge in [0.25, 0.3) is 0 Å². The number of anilines is 1. The number of rotatable bonds is 6. The second-order valence-electron chi connectivity index (χ2n) is 3.02. The molecule has 0 radical (unpaired) electrons. The molecular formula is C11H16ClNO. The maximum atomic E-state index is 5.96. The highest BCUT2D eigenvalue weighted by atomic mass is 35.5. The van der Waals surface area contributed by atoms with Crippen LogP contribution >= 0.6 is 11.6 Å². The fourth-order valence-electron chi connectivity index (χ4n) is 1.11. The summed E-state index contributed by atoms with van der Waals surface area (Å²) in [5.41, 5.74) is 0.967. The lowest BCUT2D eigenvalue weighted by molar-refractivity contribution is 0.144. The summed E-state index contributed by atoms with van der Waals surface area (Å²) in [5.74, 6) is 0. The van der Waals surface area contributed by atoms with E-state index in [-0.39, 0.29) is 0 Å². The van der Waals surface area contributed by atoms with Gasteiger partial charge in [0.05, 0.1) is 17.3 Å². The van der Waals surface area contributed by atoms with Crippen molar-refractivity contribution in [3.8, 4) is 0 Å². The van der Waals surface area contributed by atoms with Gasteiger partial charge in [0.1, 0.15) is 0 Å². The average Bonchev–Trinajstić information content (AvgIpc) is 2.20. The number of hydrogen-bond donors (Lipinski definition) is 1. The molecule has 1 aromatic carbocycles. The van der Waals surface area contributed by atoms with Crippen LogP contribution < -0.4 is 5.32 Å². The van der Waals surface area contributed by atoms with Crippen LogP contribution in [-0.4, -0.2) is 19.8 Å². The Hall–Kier alpha value is -0.730. The maximum absolute atomic E-state index is 5.96. The monoisotopic (exact) mass is 213 g/mol. The molecule has 0 saturated carbocycles. The highest BCUT2D eigenvalue weighted by Crippen LogP contribution is 2.19. The van der Waals surface area contributed by atoms with Crippen LogP contribution in [0.25, 0.3) is 0 Å². The van der Waals surface area contributed by atoms with E-state index in [0.717, 1.165) is 36.9 Å². The third kappa shape index (κ3) is 3.99. The fraction of sp³-hybridized carbons (Fsp3) is 0.455. The van der Waals surface area contributed by atoms with Gasteiger partial charge in [0.15, 0.2) is 0 Å². The lowest BCUT2D eigenvalue weighted by Gasteiger charge is -2.07. The van der Waals surface area contributed by atoms with E-state index in [1.54, 1.807) is 0 Å². The van der Waals surface area contributed by atoms with Gasteiger partial charge in [0, 0.05) is 13.2 Å². The van der Waals surface area contributed by atoms with E-state index in [9.17, 15) is 0 Å². The van der Waals surface area contributed by atoms with Crippen molar-refractivity contribution in [1.82, 2.24) is 0 Å². The molecule has 1 rings (SSSR count). The third-order valence-electron chi connectivity index (χ3n) is 1.78. The van der Waals surface area contributed by atoms with E-state index < -0.39 is 0 Å². The summed E-state index contributed by atoms with van der Waals surface area (Å²) < 4.78 is 5.34. The molecule has 0 bridgehead atoms. The van der Waals surface area contributed by atoms with Crippen LogP contribution in [-0.2, 0) is 4.74 Å². The van der Waals surface area contributed by atoms with Crippen LogP contribution in [0.4, 0.5) is 5.69 Å². The van der Waals surface area contributed by atoms with Gasteiger partial charge in [-0.1, -0.05) is 30.7 Å². The molecule has 78 valence electrons. The summed E-state index contributed by atoms with van der Waals surface area (Å²) in [6.07, 6.45) is 1.06. The first-order valence-electron chi connectivity index (χ1n) is 4.90. The standard InChI is InChI=1S/C11H16ClNO/c1-2-8-14-9-7-13-11-6-4-3-5-10(11)12/h3-6,13H,2,7-9H2,1H3. The second kappa shape index (κ2) is 6.68. The Morgan fingerprint density at radius 2 is 2.07 bits per heavy atom. The SMILES string of the molecule is CCCOCCNc1ccccc1Cl. The zero-order valence-corrected chi connectivity index (χ0v) is 9.18. The molecule has 0 fully saturated rings. The van der Waals surface area contributed by atoms with E-state index in [1.807, 2.05) is 24.3 Å². The highest BCUT2D eigenvalue weighted by Gasteiger charge is 1.96. The van der Waals surface area contributed by atoms with Crippen molar-refractivity contribution in [1.29, 1.82) is 0 Å². The zero-order chi connectivity index (χ0) is 10.2. The number of benzene rings is 1. The number of nitrogens with one attached hydrogen (secondary N) is 1. The molecule has 0 saturated heterocycles. The number of para-hydroxylation sites is 1. The minimum Gasteiger partial charge on any atom is -0.382 e. The molecule has 0 aliphatic heterocycles. The summed E-state index contributed by atoms with van der Waals surface area (Å²) in [7, 11) is 0. The van der Waals surface area contributed by atoms with Gasteiger partial charge in [0.2, 0.25) is 0 Å². The lowest BCUT2D eigenvalue weighted by Crippen LogP contribution is -2.09. The van der Waals surface area contributed by atoms with Crippen LogP contribution in [0.3, 0.4) is 0 Å². The van der Waals surface area contributed by atoms with Crippen LogP contribution in [0, 0.1) is 0 Å². The van der Waals surface area contributed by atoms with Gasteiger partial charge in [-0.3, -0.25) is 0 Å². The number of ether oxygens (including phenoxy) is 1. The predicted octanol–water partition coefficient (Wildman–Crippen LogP) is 3.18. The Bertz CT molecular complexity index is 265. The molecule has 0 aromatic heterocycles. The molecule has 14 heavy (non-hydrogen) atoms. The third-order valence-corrected chi connectivity index (χ3v) is 2.11. The smallest absolute Gasteiger partial charge is 0.0639 e. The quantitative estimate of drug-likeness (QED) is 0.733. The molecule has 0 spiro atoms. The Balaban J connectivity index is 2.21. The van der Waals surface area contributed by atoms with Gasteiger partial charge >= 0.3 is 0 Å². The maximum Gasteiger partial charge on any atom is 0.0639 e. The lowest BCUT2D eigenvalue weighted by atomic mass is 10.3. The molecule has 0 aliphatic rings. The van der Waals surface area contributed by atoms with Crippen molar-refractivity contribution in [3.63, 3.8) is 0 Å². The topological polar surface area (TPSA) is 21.3 Å². The summed E-state index contributed by atoms with van der Waals surface area (Å²) in [4.78, 5) is 0. The highest BCUT2D eigenvalue weighted by molar-refractivity contribution is 6.33. The molecule has 0 unspecified atom stereocenters. The van der Waals surface area contributed by atoms with Crippen LogP contribution in [0.5, 0.6) is 0 Å². The predicted molar refractivity (Wildman–Crippen MR) is 61.1 cm³/mol. The largest absolute Gasteiger partial charge is 0.382 e. The zero-order valence-electron chi connectivity index (χ0n) is 8.42. The molecule has 1 N–H and O–H groups in total. The van der Waals surface area contributed by atoms with Gasteiger partial charge in [-0.25, -0.2) is 0 Å². The van der Waals surface area contributed by atoms with E-state index >= 15 is 0 Å². The van der Waals surface area contributed by atoms with E-state index in [1.165, 1.54) is 0 Å². The van der Waals surface area contributed by atoms with E-state index in [0.29, 0.717) is 0 Å². The van der Waals surface area contributed by atoms with Crippen molar-refractivity contribution in [3.05, 3.63) is 29.3 Å². The number of hydrogen-bond acceptors (Lipinski definition) is 2. The van der Waals surface area contributed by atoms with Crippen molar-refractivity contribution >= 4 is 17.3 Å². The van der Waals surface area contributed by atoms with Gasteiger partial charge in [-0.05, 0) is 18.6 Å². The van der Waals surface area contributed by atoms with Crippen LogP contribution in [0.15, 0.2) is 24.3 Å². The minimum atomic E-state index is 0.721. The van der Waals surface area contributed by atoms with Crippen molar-refractivity contribution < 1.29 is 4.74 Å². The normalized spacial score (nSPS) is 10.1. The first-order chi connectivity index (χ1) is 6.84.